The fourth-order valence-electron chi connectivity index (χ4n) is 3.54. The van der Waals surface area contributed by atoms with Gasteiger partial charge in [0.15, 0.2) is 0 Å². The van der Waals surface area contributed by atoms with Crippen molar-refractivity contribution in [3.63, 3.8) is 0 Å². The Labute approximate surface area is 159 Å². The van der Waals surface area contributed by atoms with E-state index in [9.17, 15) is 9.59 Å². The lowest BCUT2D eigenvalue weighted by atomic mass is 10.0. The lowest BCUT2D eigenvalue weighted by Crippen LogP contribution is -2.41. The van der Waals surface area contributed by atoms with E-state index in [0.29, 0.717) is 26.2 Å². The van der Waals surface area contributed by atoms with Crippen LogP contribution in [0.15, 0.2) is 41.1 Å². The zero-order valence-corrected chi connectivity index (χ0v) is 16.0. The number of furan rings is 1. The van der Waals surface area contributed by atoms with Crippen molar-refractivity contribution in [2.24, 2.45) is 0 Å². The molecule has 1 saturated heterocycles. The van der Waals surface area contributed by atoms with Gasteiger partial charge in [0.2, 0.25) is 11.8 Å². The Kier molecular flexibility index (Phi) is 5.91. The van der Waals surface area contributed by atoms with Crippen LogP contribution in [0.4, 0.5) is 0 Å². The SMILES string of the molecule is CC(=O)N[C@@H]1CN(C(=O)CN(C)Cc2ccncc2)C[C@H]1c1ccc(C)o1. The Balaban J connectivity index is 1.63. The van der Waals surface area contributed by atoms with Crippen LogP contribution >= 0.6 is 0 Å². The first kappa shape index (κ1) is 19.1. The Bertz CT molecular complexity index is 790. The van der Waals surface area contributed by atoms with Crippen molar-refractivity contribution in [1.82, 2.24) is 20.1 Å². The number of rotatable bonds is 6. The highest BCUT2D eigenvalue weighted by Crippen LogP contribution is 2.29. The van der Waals surface area contributed by atoms with Gasteiger partial charge in [0.05, 0.1) is 18.5 Å². The normalized spacial score (nSPS) is 19.5. The molecule has 3 rings (SSSR count). The molecule has 2 aromatic heterocycles. The van der Waals surface area contributed by atoms with Crippen LogP contribution in [0.2, 0.25) is 0 Å². The van der Waals surface area contributed by atoms with Crippen LogP contribution in [0.3, 0.4) is 0 Å². The molecule has 2 amide bonds. The summed E-state index contributed by atoms with van der Waals surface area (Å²) < 4.78 is 5.76. The molecule has 1 N–H and O–H groups in total. The Morgan fingerprint density at radius 2 is 2.00 bits per heavy atom. The number of amides is 2. The average molecular weight is 370 g/mol. The number of nitrogens with one attached hydrogen (secondary N) is 1. The molecular weight excluding hydrogens is 344 g/mol. The topological polar surface area (TPSA) is 78.7 Å². The fourth-order valence-corrected chi connectivity index (χ4v) is 3.54. The number of hydrogen-bond acceptors (Lipinski definition) is 5. The van der Waals surface area contributed by atoms with Crippen molar-refractivity contribution in [3.8, 4) is 0 Å². The third-order valence-electron chi connectivity index (χ3n) is 4.79. The zero-order valence-electron chi connectivity index (χ0n) is 16.0. The smallest absolute Gasteiger partial charge is 0.236 e. The van der Waals surface area contributed by atoms with Gasteiger partial charge in [0, 0.05) is 39.0 Å². The number of nitrogens with zero attached hydrogens (tertiary/aromatic N) is 3. The minimum atomic E-state index is -0.137. The van der Waals surface area contributed by atoms with Gasteiger partial charge in [-0.1, -0.05) is 0 Å². The molecule has 3 heterocycles. The molecule has 0 bridgehead atoms. The molecule has 0 aliphatic carbocycles. The van der Waals surface area contributed by atoms with Crippen molar-refractivity contribution in [2.75, 3.05) is 26.7 Å². The Morgan fingerprint density at radius 3 is 2.63 bits per heavy atom. The summed E-state index contributed by atoms with van der Waals surface area (Å²) in [6.07, 6.45) is 3.50. The summed E-state index contributed by atoms with van der Waals surface area (Å²) in [6, 6.07) is 7.59. The van der Waals surface area contributed by atoms with Crippen LogP contribution in [0, 0.1) is 6.92 Å². The average Bonchev–Trinajstić information content (AvgIpc) is 3.21. The summed E-state index contributed by atoms with van der Waals surface area (Å²) in [5.74, 6) is 1.56. The van der Waals surface area contributed by atoms with Gasteiger partial charge < -0.3 is 14.6 Å². The molecule has 2 aromatic rings. The lowest BCUT2D eigenvalue weighted by Gasteiger charge is -2.21. The number of carbonyl (C=O) groups is 2. The van der Waals surface area contributed by atoms with E-state index in [0.717, 1.165) is 17.1 Å². The molecule has 144 valence electrons. The maximum atomic E-state index is 12.8. The second-order valence-electron chi connectivity index (χ2n) is 7.19. The molecule has 1 aliphatic heterocycles. The quantitative estimate of drug-likeness (QED) is 0.835. The van der Waals surface area contributed by atoms with Gasteiger partial charge in [-0.25, -0.2) is 0 Å². The molecular formula is C20H26N4O3. The third-order valence-corrected chi connectivity index (χ3v) is 4.79. The van der Waals surface area contributed by atoms with E-state index in [1.54, 1.807) is 12.4 Å². The standard InChI is InChI=1S/C20H26N4O3/c1-14-4-5-19(27-14)17-11-24(12-18(17)22-15(2)25)20(26)13-23(3)10-16-6-8-21-9-7-16/h4-9,17-18H,10-13H2,1-3H3,(H,22,25)/t17-,18-/m1/s1. The van der Waals surface area contributed by atoms with E-state index < -0.39 is 0 Å². The van der Waals surface area contributed by atoms with Crippen LogP contribution in [0.5, 0.6) is 0 Å². The number of aromatic nitrogens is 1. The van der Waals surface area contributed by atoms with Crippen molar-refractivity contribution >= 4 is 11.8 Å². The second kappa shape index (κ2) is 8.35. The second-order valence-corrected chi connectivity index (χ2v) is 7.19. The van der Waals surface area contributed by atoms with Gasteiger partial charge in [-0.2, -0.15) is 0 Å². The maximum Gasteiger partial charge on any atom is 0.236 e. The van der Waals surface area contributed by atoms with Gasteiger partial charge >= 0.3 is 0 Å². The summed E-state index contributed by atoms with van der Waals surface area (Å²) in [7, 11) is 1.92. The van der Waals surface area contributed by atoms with Gasteiger partial charge in [-0.05, 0) is 43.8 Å². The summed E-state index contributed by atoms with van der Waals surface area (Å²) >= 11 is 0. The molecule has 0 saturated carbocycles. The third kappa shape index (κ3) is 4.95. The molecule has 0 radical (unpaired) electrons. The fraction of sp³-hybridized carbons (Fsp3) is 0.450. The summed E-state index contributed by atoms with van der Waals surface area (Å²) in [6.45, 7) is 5.42. The van der Waals surface area contributed by atoms with E-state index in [4.69, 9.17) is 4.42 Å². The molecule has 7 nitrogen and oxygen atoms in total. The zero-order chi connectivity index (χ0) is 19.4. The number of aryl methyl sites for hydroxylation is 1. The molecule has 27 heavy (non-hydrogen) atoms. The predicted molar refractivity (Wildman–Crippen MR) is 101 cm³/mol. The molecule has 0 spiro atoms. The van der Waals surface area contributed by atoms with E-state index in [-0.39, 0.29) is 23.8 Å². The van der Waals surface area contributed by atoms with Crippen molar-refractivity contribution in [2.45, 2.75) is 32.4 Å². The summed E-state index contributed by atoms with van der Waals surface area (Å²) in [5.41, 5.74) is 1.11. The van der Waals surface area contributed by atoms with Gasteiger partial charge in [-0.3, -0.25) is 19.5 Å². The van der Waals surface area contributed by atoms with Crippen molar-refractivity contribution < 1.29 is 14.0 Å². The Morgan fingerprint density at radius 1 is 1.26 bits per heavy atom. The van der Waals surface area contributed by atoms with E-state index in [2.05, 4.69) is 10.3 Å². The van der Waals surface area contributed by atoms with Gasteiger partial charge in [0.1, 0.15) is 11.5 Å². The first-order chi connectivity index (χ1) is 12.9. The monoisotopic (exact) mass is 370 g/mol. The number of likely N-dealkylation sites (tertiary alicyclic amines) is 1. The van der Waals surface area contributed by atoms with Crippen LogP contribution in [0.25, 0.3) is 0 Å². The van der Waals surface area contributed by atoms with Crippen LogP contribution < -0.4 is 5.32 Å². The minimum absolute atomic E-state index is 0.0305. The summed E-state index contributed by atoms with van der Waals surface area (Å²) in [4.78, 5) is 32.2. The van der Waals surface area contributed by atoms with Gasteiger partial charge in [-0.15, -0.1) is 0 Å². The number of hydrogen-bond donors (Lipinski definition) is 1. The molecule has 1 fully saturated rings. The van der Waals surface area contributed by atoms with Crippen molar-refractivity contribution in [3.05, 3.63) is 53.7 Å². The molecule has 1 aliphatic rings. The Hall–Kier alpha value is -2.67. The molecule has 0 unspecified atom stereocenters. The van der Waals surface area contributed by atoms with Crippen molar-refractivity contribution in [1.29, 1.82) is 0 Å². The van der Waals surface area contributed by atoms with Crippen LogP contribution in [-0.4, -0.2) is 59.3 Å². The molecule has 0 aromatic carbocycles. The summed E-state index contributed by atoms with van der Waals surface area (Å²) in [5, 5.41) is 2.96. The predicted octanol–water partition coefficient (Wildman–Crippen LogP) is 1.55. The number of pyridine rings is 1. The first-order valence-electron chi connectivity index (χ1n) is 9.11. The molecule has 7 heteroatoms. The highest BCUT2D eigenvalue weighted by atomic mass is 16.3. The molecule has 2 atom stereocenters. The number of carbonyl (C=O) groups excluding carboxylic acids is 2. The van der Waals surface area contributed by atoms with Crippen LogP contribution in [0.1, 0.15) is 29.9 Å². The lowest BCUT2D eigenvalue weighted by molar-refractivity contribution is -0.131. The van der Waals surface area contributed by atoms with Gasteiger partial charge in [0.25, 0.3) is 0 Å². The number of likely N-dealkylation sites (N-methyl/N-ethyl adjacent to an activating group) is 1. The van der Waals surface area contributed by atoms with E-state index in [1.807, 2.05) is 48.0 Å². The van der Waals surface area contributed by atoms with E-state index >= 15 is 0 Å². The van der Waals surface area contributed by atoms with Crippen LogP contribution in [-0.2, 0) is 16.1 Å². The largest absolute Gasteiger partial charge is 0.466 e. The maximum absolute atomic E-state index is 12.8. The highest BCUT2D eigenvalue weighted by Gasteiger charge is 2.38. The first-order valence-corrected chi connectivity index (χ1v) is 9.11. The minimum Gasteiger partial charge on any atom is -0.466 e. The highest BCUT2D eigenvalue weighted by molar-refractivity contribution is 5.79. The van der Waals surface area contributed by atoms with E-state index in [1.165, 1.54) is 6.92 Å².